The second-order valence-electron chi connectivity index (χ2n) is 2.89. The van der Waals surface area contributed by atoms with Gasteiger partial charge in [0, 0.05) is 0 Å². The first-order chi connectivity index (χ1) is 7.27. The molecule has 0 saturated heterocycles. The third kappa shape index (κ3) is 3.42. The van der Waals surface area contributed by atoms with Crippen LogP contribution in [0.2, 0.25) is 0 Å². The topological polar surface area (TPSA) is 55.4 Å². The zero-order valence-corrected chi connectivity index (χ0v) is 8.47. The van der Waals surface area contributed by atoms with Crippen LogP contribution in [0.3, 0.4) is 0 Å². The molecule has 1 N–H and O–H groups in total. The Kier molecular flexibility index (Phi) is 4.34. The number of ether oxygens (including phenoxy) is 1. The molecule has 1 aromatic rings. The van der Waals surface area contributed by atoms with E-state index in [-0.39, 0.29) is 6.61 Å². The van der Waals surface area contributed by atoms with Crippen molar-refractivity contribution in [2.75, 3.05) is 6.61 Å². The molecule has 0 saturated carbocycles. The lowest BCUT2D eigenvalue weighted by molar-refractivity contribution is -0.109. The molecule has 0 aliphatic heterocycles. The molecule has 0 spiro atoms. The van der Waals surface area contributed by atoms with Gasteiger partial charge in [0.25, 0.3) is 0 Å². The summed E-state index contributed by atoms with van der Waals surface area (Å²) >= 11 is 0. The average molecular weight is 207 g/mol. The molecule has 1 aromatic carbocycles. The highest BCUT2D eigenvalue weighted by Crippen LogP contribution is 2.09. The van der Waals surface area contributed by atoms with Crippen LogP contribution in [0.4, 0.5) is 4.79 Å². The minimum Gasteiger partial charge on any atom is -0.450 e. The number of aldehydes is 1. The Hall–Kier alpha value is -1.84. The Bertz CT molecular complexity index is 324. The van der Waals surface area contributed by atoms with E-state index in [4.69, 9.17) is 0 Å². The fourth-order valence-electron chi connectivity index (χ4n) is 1.16. The van der Waals surface area contributed by atoms with Crippen molar-refractivity contribution in [3.8, 4) is 0 Å². The number of nitrogens with one attached hydrogen (secondary N) is 1. The van der Waals surface area contributed by atoms with Gasteiger partial charge in [-0.25, -0.2) is 4.79 Å². The number of hydrogen-bond acceptors (Lipinski definition) is 3. The molecule has 0 aromatic heterocycles. The van der Waals surface area contributed by atoms with Crippen LogP contribution in [-0.4, -0.2) is 19.0 Å². The summed E-state index contributed by atoms with van der Waals surface area (Å²) in [5.74, 6) is 0. The molecule has 4 heteroatoms. The summed E-state index contributed by atoms with van der Waals surface area (Å²) in [7, 11) is 0. The molecule has 0 bridgehead atoms. The molecule has 1 atom stereocenters. The molecule has 0 heterocycles. The van der Waals surface area contributed by atoms with Crippen molar-refractivity contribution in [2.24, 2.45) is 0 Å². The quantitative estimate of drug-likeness (QED) is 0.764. The number of rotatable bonds is 4. The van der Waals surface area contributed by atoms with Gasteiger partial charge >= 0.3 is 6.09 Å². The highest BCUT2D eigenvalue weighted by atomic mass is 16.5. The summed E-state index contributed by atoms with van der Waals surface area (Å²) in [6.45, 7) is 1.99. The van der Waals surface area contributed by atoms with Gasteiger partial charge in [0.05, 0.1) is 6.61 Å². The van der Waals surface area contributed by atoms with E-state index in [1.807, 2.05) is 6.07 Å². The lowest BCUT2D eigenvalue weighted by Gasteiger charge is -2.12. The number of benzene rings is 1. The zero-order valence-electron chi connectivity index (χ0n) is 8.47. The van der Waals surface area contributed by atoms with Gasteiger partial charge in [-0.15, -0.1) is 0 Å². The van der Waals surface area contributed by atoms with Crippen molar-refractivity contribution in [1.29, 1.82) is 0 Å². The molecule has 1 rings (SSSR count). The van der Waals surface area contributed by atoms with Gasteiger partial charge in [-0.05, 0) is 12.5 Å². The molecule has 4 nitrogen and oxygen atoms in total. The van der Waals surface area contributed by atoms with E-state index in [9.17, 15) is 9.59 Å². The summed E-state index contributed by atoms with van der Waals surface area (Å²) in [6.07, 6.45) is 0.0881. The van der Waals surface area contributed by atoms with Crippen LogP contribution in [-0.2, 0) is 9.53 Å². The Morgan fingerprint density at radius 3 is 2.67 bits per heavy atom. The van der Waals surface area contributed by atoms with Crippen molar-refractivity contribution < 1.29 is 14.3 Å². The average Bonchev–Trinajstić information content (AvgIpc) is 2.27. The van der Waals surface area contributed by atoms with E-state index in [0.29, 0.717) is 6.29 Å². The van der Waals surface area contributed by atoms with Gasteiger partial charge in [-0.2, -0.15) is 0 Å². The van der Waals surface area contributed by atoms with E-state index in [1.165, 1.54) is 0 Å². The minimum atomic E-state index is -0.648. The molecule has 0 unspecified atom stereocenters. The number of alkyl carbamates (subject to hydrolysis) is 1. The van der Waals surface area contributed by atoms with Crippen molar-refractivity contribution >= 4 is 12.4 Å². The minimum absolute atomic E-state index is 0.284. The molecule has 0 aliphatic carbocycles. The fourth-order valence-corrected chi connectivity index (χ4v) is 1.16. The van der Waals surface area contributed by atoms with Crippen LogP contribution in [0.5, 0.6) is 0 Å². The molecule has 0 aliphatic rings. The smallest absolute Gasteiger partial charge is 0.407 e. The number of carbonyl (C=O) groups excluding carboxylic acids is 2. The van der Waals surface area contributed by atoms with Gasteiger partial charge in [-0.3, -0.25) is 0 Å². The lowest BCUT2D eigenvalue weighted by atomic mass is 10.1. The number of hydrogen-bond donors (Lipinski definition) is 1. The molecule has 80 valence electrons. The first kappa shape index (κ1) is 11.2. The van der Waals surface area contributed by atoms with Crippen LogP contribution in [0.15, 0.2) is 30.3 Å². The van der Waals surface area contributed by atoms with Crippen LogP contribution in [0.25, 0.3) is 0 Å². The van der Waals surface area contributed by atoms with Gasteiger partial charge in [0.1, 0.15) is 12.3 Å². The highest BCUT2D eigenvalue weighted by Gasteiger charge is 2.13. The Balaban J connectivity index is 2.65. The molecule has 0 radical (unpaired) electrons. The third-order valence-electron chi connectivity index (χ3n) is 1.84. The second kappa shape index (κ2) is 5.80. The first-order valence-electron chi connectivity index (χ1n) is 4.71. The van der Waals surface area contributed by atoms with Gasteiger partial charge in [0.15, 0.2) is 0 Å². The number of carbonyl (C=O) groups is 2. The third-order valence-corrected chi connectivity index (χ3v) is 1.84. The monoisotopic (exact) mass is 207 g/mol. The Labute approximate surface area is 88.2 Å². The van der Waals surface area contributed by atoms with Gasteiger partial charge in [-0.1, -0.05) is 30.3 Å². The van der Waals surface area contributed by atoms with Crippen molar-refractivity contribution in [3.05, 3.63) is 35.9 Å². The van der Waals surface area contributed by atoms with Crippen molar-refractivity contribution in [3.63, 3.8) is 0 Å². The summed E-state index contributed by atoms with van der Waals surface area (Å²) < 4.78 is 4.69. The van der Waals surface area contributed by atoms with E-state index < -0.39 is 12.1 Å². The predicted octanol–water partition coefficient (Wildman–Crippen LogP) is 1.67. The standard InChI is InChI=1S/C11H13NO3/c1-2-15-11(14)12-10(8-13)9-6-4-3-5-7-9/h3-8,10H,2H2,1H3,(H,12,14)/t10-/m1/s1. The van der Waals surface area contributed by atoms with Gasteiger partial charge < -0.3 is 14.8 Å². The van der Waals surface area contributed by atoms with Crippen LogP contribution in [0, 0.1) is 0 Å². The maximum Gasteiger partial charge on any atom is 0.407 e. The van der Waals surface area contributed by atoms with E-state index in [0.717, 1.165) is 5.56 Å². The summed E-state index contributed by atoms with van der Waals surface area (Å²) in [6, 6.07) is 8.34. The van der Waals surface area contributed by atoms with Crippen LogP contribution < -0.4 is 5.32 Å². The zero-order chi connectivity index (χ0) is 11.1. The molecular formula is C11H13NO3. The second-order valence-corrected chi connectivity index (χ2v) is 2.89. The van der Waals surface area contributed by atoms with Crippen LogP contribution in [0.1, 0.15) is 18.5 Å². The summed E-state index contributed by atoms with van der Waals surface area (Å²) in [4.78, 5) is 21.9. The fraction of sp³-hybridized carbons (Fsp3) is 0.273. The lowest BCUT2D eigenvalue weighted by Crippen LogP contribution is -2.29. The SMILES string of the molecule is CCOC(=O)N[C@H](C=O)c1ccccc1. The van der Waals surface area contributed by atoms with E-state index in [2.05, 4.69) is 10.1 Å². The summed E-state index contributed by atoms with van der Waals surface area (Å²) in [5, 5.41) is 2.45. The normalized spacial score (nSPS) is 11.5. The Morgan fingerprint density at radius 1 is 1.47 bits per heavy atom. The van der Waals surface area contributed by atoms with Crippen molar-refractivity contribution in [1.82, 2.24) is 5.32 Å². The largest absolute Gasteiger partial charge is 0.450 e. The van der Waals surface area contributed by atoms with E-state index in [1.54, 1.807) is 31.2 Å². The first-order valence-corrected chi connectivity index (χ1v) is 4.71. The molecule has 1 amide bonds. The molecular weight excluding hydrogens is 194 g/mol. The summed E-state index contributed by atoms with van der Waals surface area (Å²) in [5.41, 5.74) is 0.737. The van der Waals surface area contributed by atoms with Gasteiger partial charge in [0.2, 0.25) is 0 Å². The number of amides is 1. The highest BCUT2D eigenvalue weighted by molar-refractivity contribution is 5.74. The van der Waals surface area contributed by atoms with E-state index >= 15 is 0 Å². The molecule has 0 fully saturated rings. The molecule has 15 heavy (non-hydrogen) atoms. The maximum absolute atomic E-state index is 11.1. The maximum atomic E-state index is 11.1. The van der Waals surface area contributed by atoms with Crippen LogP contribution >= 0.6 is 0 Å². The predicted molar refractivity (Wildman–Crippen MR) is 55.4 cm³/mol. The Morgan fingerprint density at radius 2 is 2.13 bits per heavy atom. The van der Waals surface area contributed by atoms with Crippen molar-refractivity contribution in [2.45, 2.75) is 13.0 Å².